The van der Waals surface area contributed by atoms with Gasteiger partial charge in [-0.25, -0.2) is 0 Å². The van der Waals surface area contributed by atoms with Crippen molar-refractivity contribution in [3.05, 3.63) is 23.8 Å². The Hall–Kier alpha value is -1.71. The van der Waals surface area contributed by atoms with Gasteiger partial charge in [-0.15, -0.1) is 0 Å². The van der Waals surface area contributed by atoms with Crippen LogP contribution in [-0.2, 0) is 0 Å². The molecular formula is C15H23N3O. The van der Waals surface area contributed by atoms with Crippen LogP contribution >= 0.6 is 0 Å². The highest BCUT2D eigenvalue weighted by Gasteiger charge is 2.22. The van der Waals surface area contributed by atoms with Gasteiger partial charge in [-0.2, -0.15) is 0 Å². The molecule has 1 fully saturated rings. The Morgan fingerprint density at radius 3 is 2.53 bits per heavy atom. The SMILES string of the molecule is CN(C)C(=O)c1ccc(N)cc1N(C)CC1CCC1. The van der Waals surface area contributed by atoms with Gasteiger partial charge in [-0.3, -0.25) is 4.79 Å². The molecule has 1 aliphatic carbocycles. The van der Waals surface area contributed by atoms with Gasteiger partial charge in [0.25, 0.3) is 5.91 Å². The Bertz CT molecular complexity index is 466. The van der Waals surface area contributed by atoms with E-state index in [0.29, 0.717) is 5.69 Å². The second-order valence-corrected chi connectivity index (χ2v) is 5.65. The van der Waals surface area contributed by atoms with Crippen molar-refractivity contribution in [3.8, 4) is 0 Å². The summed E-state index contributed by atoms with van der Waals surface area (Å²) < 4.78 is 0. The third kappa shape index (κ3) is 3.00. The molecule has 0 spiro atoms. The molecule has 2 N–H and O–H groups in total. The summed E-state index contributed by atoms with van der Waals surface area (Å²) in [6.45, 7) is 0.997. The van der Waals surface area contributed by atoms with E-state index in [2.05, 4.69) is 4.90 Å². The third-order valence-electron chi connectivity index (χ3n) is 3.83. The minimum Gasteiger partial charge on any atom is -0.399 e. The molecular weight excluding hydrogens is 238 g/mol. The van der Waals surface area contributed by atoms with Crippen molar-refractivity contribution >= 4 is 17.3 Å². The van der Waals surface area contributed by atoms with Gasteiger partial charge in [0.2, 0.25) is 0 Å². The minimum absolute atomic E-state index is 0.0236. The standard InChI is InChI=1S/C15H23N3O/c1-17(2)15(19)13-8-7-12(16)9-14(13)18(3)10-11-5-4-6-11/h7-9,11H,4-6,10,16H2,1-3H3. The lowest BCUT2D eigenvalue weighted by atomic mass is 9.85. The number of nitrogens with two attached hydrogens (primary N) is 1. The van der Waals surface area contributed by atoms with E-state index >= 15 is 0 Å². The maximum atomic E-state index is 12.2. The van der Waals surface area contributed by atoms with E-state index in [4.69, 9.17) is 5.73 Å². The van der Waals surface area contributed by atoms with Crippen LogP contribution in [0.15, 0.2) is 18.2 Å². The van der Waals surface area contributed by atoms with E-state index in [-0.39, 0.29) is 5.91 Å². The van der Waals surface area contributed by atoms with E-state index in [0.717, 1.165) is 23.7 Å². The quantitative estimate of drug-likeness (QED) is 0.845. The lowest BCUT2D eigenvalue weighted by Crippen LogP contribution is -2.31. The summed E-state index contributed by atoms with van der Waals surface area (Å²) in [6.07, 6.45) is 3.92. The summed E-state index contributed by atoms with van der Waals surface area (Å²) >= 11 is 0. The van der Waals surface area contributed by atoms with Gasteiger partial charge in [-0.05, 0) is 37.0 Å². The minimum atomic E-state index is 0.0236. The number of hydrogen-bond acceptors (Lipinski definition) is 3. The number of anilines is 2. The highest BCUT2D eigenvalue weighted by Crippen LogP contribution is 2.30. The molecule has 1 amide bonds. The molecule has 4 heteroatoms. The Labute approximate surface area is 115 Å². The van der Waals surface area contributed by atoms with Crippen molar-refractivity contribution in [2.75, 3.05) is 38.3 Å². The number of hydrogen-bond donors (Lipinski definition) is 1. The zero-order valence-corrected chi connectivity index (χ0v) is 12.0. The van der Waals surface area contributed by atoms with Crippen molar-refractivity contribution in [3.63, 3.8) is 0 Å². The van der Waals surface area contributed by atoms with E-state index < -0.39 is 0 Å². The lowest BCUT2D eigenvalue weighted by molar-refractivity contribution is 0.0828. The van der Waals surface area contributed by atoms with Crippen LogP contribution < -0.4 is 10.6 Å². The van der Waals surface area contributed by atoms with Crippen molar-refractivity contribution < 1.29 is 4.79 Å². The monoisotopic (exact) mass is 261 g/mol. The average Bonchev–Trinajstić information content (AvgIpc) is 2.32. The number of carbonyl (C=O) groups is 1. The topological polar surface area (TPSA) is 49.6 Å². The summed E-state index contributed by atoms with van der Waals surface area (Å²) in [5, 5.41) is 0. The van der Waals surface area contributed by atoms with Gasteiger partial charge >= 0.3 is 0 Å². The van der Waals surface area contributed by atoms with Crippen molar-refractivity contribution in [1.82, 2.24) is 4.90 Å². The molecule has 104 valence electrons. The predicted octanol–water partition coefficient (Wildman–Crippen LogP) is 2.21. The zero-order valence-electron chi connectivity index (χ0n) is 12.0. The number of nitrogen functional groups attached to an aromatic ring is 1. The largest absolute Gasteiger partial charge is 0.399 e. The third-order valence-corrected chi connectivity index (χ3v) is 3.83. The van der Waals surface area contributed by atoms with E-state index in [1.165, 1.54) is 19.3 Å². The maximum Gasteiger partial charge on any atom is 0.255 e. The molecule has 0 aromatic heterocycles. The van der Waals surface area contributed by atoms with E-state index in [9.17, 15) is 4.79 Å². The van der Waals surface area contributed by atoms with Crippen LogP contribution in [0.4, 0.5) is 11.4 Å². The van der Waals surface area contributed by atoms with Gasteiger partial charge < -0.3 is 15.5 Å². The van der Waals surface area contributed by atoms with Gasteiger partial charge in [-0.1, -0.05) is 6.42 Å². The number of rotatable bonds is 4. The van der Waals surface area contributed by atoms with Gasteiger partial charge in [0.15, 0.2) is 0 Å². The van der Waals surface area contributed by atoms with Crippen molar-refractivity contribution in [1.29, 1.82) is 0 Å². The highest BCUT2D eigenvalue weighted by atomic mass is 16.2. The summed E-state index contributed by atoms with van der Waals surface area (Å²) in [7, 11) is 5.59. The van der Waals surface area contributed by atoms with Crippen LogP contribution in [-0.4, -0.2) is 38.5 Å². The summed E-state index contributed by atoms with van der Waals surface area (Å²) in [5.74, 6) is 0.782. The van der Waals surface area contributed by atoms with Crippen molar-refractivity contribution in [2.24, 2.45) is 5.92 Å². The zero-order chi connectivity index (χ0) is 14.0. The van der Waals surface area contributed by atoms with Crippen LogP contribution in [0.1, 0.15) is 29.6 Å². The Morgan fingerprint density at radius 1 is 1.32 bits per heavy atom. The number of benzene rings is 1. The van der Waals surface area contributed by atoms with Gasteiger partial charge in [0, 0.05) is 33.4 Å². The van der Waals surface area contributed by atoms with Gasteiger partial charge in [0.05, 0.1) is 11.3 Å². The summed E-state index contributed by atoms with van der Waals surface area (Å²) in [4.78, 5) is 16.0. The second kappa shape index (κ2) is 5.51. The second-order valence-electron chi connectivity index (χ2n) is 5.65. The molecule has 1 aromatic rings. The normalized spacial score (nSPS) is 14.9. The number of nitrogens with zero attached hydrogens (tertiary/aromatic N) is 2. The maximum absolute atomic E-state index is 12.2. The first-order valence-corrected chi connectivity index (χ1v) is 6.81. The Balaban J connectivity index is 2.25. The van der Waals surface area contributed by atoms with Crippen LogP contribution in [0.2, 0.25) is 0 Å². The molecule has 1 aromatic carbocycles. The number of amides is 1. The first-order valence-electron chi connectivity index (χ1n) is 6.81. The van der Waals surface area contributed by atoms with Crippen LogP contribution in [0.5, 0.6) is 0 Å². The fraction of sp³-hybridized carbons (Fsp3) is 0.533. The van der Waals surface area contributed by atoms with E-state index in [1.807, 2.05) is 19.2 Å². The molecule has 0 unspecified atom stereocenters. The molecule has 4 nitrogen and oxygen atoms in total. The van der Waals surface area contributed by atoms with Crippen LogP contribution in [0, 0.1) is 5.92 Å². The van der Waals surface area contributed by atoms with Crippen LogP contribution in [0.3, 0.4) is 0 Å². The smallest absolute Gasteiger partial charge is 0.255 e. The number of carbonyl (C=O) groups excluding carboxylic acids is 1. The fourth-order valence-electron chi connectivity index (χ4n) is 2.45. The Morgan fingerprint density at radius 2 is 2.00 bits per heavy atom. The predicted molar refractivity (Wildman–Crippen MR) is 79.5 cm³/mol. The first-order chi connectivity index (χ1) is 8.99. The first kappa shape index (κ1) is 13.7. The molecule has 1 saturated carbocycles. The van der Waals surface area contributed by atoms with Gasteiger partial charge in [0.1, 0.15) is 0 Å². The molecule has 0 bridgehead atoms. The van der Waals surface area contributed by atoms with Crippen LogP contribution in [0.25, 0.3) is 0 Å². The highest BCUT2D eigenvalue weighted by molar-refractivity contribution is 6.00. The molecule has 0 atom stereocenters. The van der Waals surface area contributed by atoms with E-state index in [1.54, 1.807) is 25.1 Å². The summed E-state index contributed by atoms with van der Waals surface area (Å²) in [5.41, 5.74) is 8.23. The molecule has 1 aliphatic rings. The Kier molecular flexibility index (Phi) is 3.98. The van der Waals surface area contributed by atoms with Crippen molar-refractivity contribution in [2.45, 2.75) is 19.3 Å². The molecule has 0 radical (unpaired) electrons. The summed E-state index contributed by atoms with van der Waals surface area (Å²) in [6, 6.07) is 5.51. The molecule has 2 rings (SSSR count). The molecule has 0 saturated heterocycles. The lowest BCUT2D eigenvalue weighted by Gasteiger charge is -2.32. The molecule has 19 heavy (non-hydrogen) atoms. The fourth-order valence-corrected chi connectivity index (χ4v) is 2.45. The molecule has 0 aliphatic heterocycles. The average molecular weight is 261 g/mol. The molecule has 0 heterocycles.